The molecule has 0 radical (unpaired) electrons. The number of hydrogen-bond acceptors (Lipinski definition) is 1. The van der Waals surface area contributed by atoms with Gasteiger partial charge in [-0.1, -0.05) is 17.7 Å². The number of aryl methyl sites for hydroxylation is 2. The lowest BCUT2D eigenvalue weighted by molar-refractivity contribution is 0.604. The molecule has 2 rings (SSSR count). The van der Waals surface area contributed by atoms with Gasteiger partial charge in [-0.15, -0.1) is 0 Å². The minimum absolute atomic E-state index is 0.00673. The van der Waals surface area contributed by atoms with Gasteiger partial charge in [0.05, 0.1) is 5.69 Å². The molecule has 0 aliphatic rings. The van der Waals surface area contributed by atoms with E-state index in [9.17, 15) is 8.78 Å². The molecule has 104 valence electrons. The summed E-state index contributed by atoms with van der Waals surface area (Å²) < 4.78 is 26.5. The van der Waals surface area contributed by atoms with E-state index >= 15 is 0 Å². The van der Waals surface area contributed by atoms with Crippen LogP contribution in [0.1, 0.15) is 11.1 Å². The summed E-state index contributed by atoms with van der Waals surface area (Å²) in [5, 5.41) is 5.82. The maximum absolute atomic E-state index is 13.5. The Balaban J connectivity index is 2.11. The molecule has 2 aromatic rings. The topological polar surface area (TPSA) is 24.1 Å². The van der Waals surface area contributed by atoms with Crippen molar-refractivity contribution in [1.82, 2.24) is 0 Å². The summed E-state index contributed by atoms with van der Waals surface area (Å²) in [7, 11) is 0. The molecule has 2 aromatic carbocycles. The second-order valence-corrected chi connectivity index (χ2v) is 4.93. The first-order valence-electron chi connectivity index (χ1n) is 6.06. The van der Waals surface area contributed by atoms with Crippen molar-refractivity contribution < 1.29 is 8.78 Å². The number of hydrogen-bond donors (Lipinski definition) is 2. The highest BCUT2D eigenvalue weighted by atomic mass is 32.1. The maximum Gasteiger partial charge on any atom is 0.175 e. The van der Waals surface area contributed by atoms with Crippen LogP contribution in [-0.4, -0.2) is 5.11 Å². The minimum atomic E-state index is -0.559. The number of anilines is 2. The molecule has 0 aliphatic heterocycles. The van der Waals surface area contributed by atoms with Gasteiger partial charge in [-0.05, 0) is 49.8 Å². The largest absolute Gasteiger partial charge is 0.332 e. The van der Waals surface area contributed by atoms with Crippen LogP contribution in [0.3, 0.4) is 0 Å². The zero-order valence-corrected chi connectivity index (χ0v) is 11.9. The first kappa shape index (κ1) is 14.4. The van der Waals surface area contributed by atoms with Gasteiger partial charge in [0, 0.05) is 11.8 Å². The summed E-state index contributed by atoms with van der Waals surface area (Å²) in [5.74, 6) is -1.08. The molecule has 0 saturated carbocycles. The van der Waals surface area contributed by atoms with Gasteiger partial charge in [0.25, 0.3) is 0 Å². The molecule has 0 unspecified atom stereocenters. The van der Waals surface area contributed by atoms with Gasteiger partial charge in [0.2, 0.25) is 0 Å². The highest BCUT2D eigenvalue weighted by Gasteiger charge is 2.07. The lowest BCUT2D eigenvalue weighted by Gasteiger charge is -2.13. The van der Waals surface area contributed by atoms with E-state index in [4.69, 9.17) is 12.2 Å². The van der Waals surface area contributed by atoms with Gasteiger partial charge in [0.1, 0.15) is 11.6 Å². The SMILES string of the molecule is Cc1ccc(NC(=S)Nc2cc(F)ccc2F)c(C)c1. The lowest BCUT2D eigenvalue weighted by Crippen LogP contribution is -2.20. The molecule has 0 aromatic heterocycles. The summed E-state index contributed by atoms with van der Waals surface area (Å²) in [4.78, 5) is 0. The van der Waals surface area contributed by atoms with E-state index in [1.807, 2.05) is 32.0 Å². The molecule has 0 bridgehead atoms. The van der Waals surface area contributed by atoms with E-state index in [2.05, 4.69) is 10.6 Å². The van der Waals surface area contributed by atoms with Gasteiger partial charge in [-0.2, -0.15) is 0 Å². The normalized spacial score (nSPS) is 10.2. The number of benzene rings is 2. The maximum atomic E-state index is 13.5. The fraction of sp³-hybridized carbons (Fsp3) is 0.133. The van der Waals surface area contributed by atoms with Crippen molar-refractivity contribution in [2.45, 2.75) is 13.8 Å². The fourth-order valence-corrected chi connectivity index (χ4v) is 2.04. The van der Waals surface area contributed by atoms with E-state index in [0.717, 1.165) is 35.0 Å². The van der Waals surface area contributed by atoms with Crippen molar-refractivity contribution in [3.63, 3.8) is 0 Å². The number of halogens is 2. The highest BCUT2D eigenvalue weighted by Crippen LogP contribution is 2.18. The second-order valence-electron chi connectivity index (χ2n) is 4.52. The molecule has 5 heteroatoms. The van der Waals surface area contributed by atoms with Crippen LogP contribution in [-0.2, 0) is 0 Å². The number of nitrogens with one attached hydrogen (secondary N) is 2. The van der Waals surface area contributed by atoms with Crippen molar-refractivity contribution in [2.24, 2.45) is 0 Å². The molecule has 0 spiro atoms. The summed E-state index contributed by atoms with van der Waals surface area (Å²) >= 11 is 5.10. The first-order valence-corrected chi connectivity index (χ1v) is 6.47. The molecule has 0 atom stereocenters. The molecule has 2 nitrogen and oxygen atoms in total. The Morgan fingerprint density at radius 3 is 2.35 bits per heavy atom. The van der Waals surface area contributed by atoms with Gasteiger partial charge in [-0.25, -0.2) is 8.78 Å². The third-order valence-corrected chi connectivity index (χ3v) is 3.01. The monoisotopic (exact) mass is 292 g/mol. The Hall–Kier alpha value is -2.01. The smallest absolute Gasteiger partial charge is 0.175 e. The Kier molecular flexibility index (Phi) is 4.29. The predicted molar refractivity (Wildman–Crippen MR) is 82.1 cm³/mol. The van der Waals surface area contributed by atoms with Crippen LogP contribution < -0.4 is 10.6 Å². The van der Waals surface area contributed by atoms with Crippen LogP contribution in [0.4, 0.5) is 20.2 Å². The lowest BCUT2D eigenvalue weighted by atomic mass is 10.1. The summed E-state index contributed by atoms with van der Waals surface area (Å²) in [5.41, 5.74) is 2.99. The average Bonchev–Trinajstić information content (AvgIpc) is 2.37. The van der Waals surface area contributed by atoms with E-state index in [-0.39, 0.29) is 10.8 Å². The summed E-state index contributed by atoms with van der Waals surface area (Å²) in [6, 6.07) is 9.01. The van der Waals surface area contributed by atoms with Crippen molar-refractivity contribution >= 4 is 28.7 Å². The van der Waals surface area contributed by atoms with Crippen LogP contribution in [0.2, 0.25) is 0 Å². The highest BCUT2D eigenvalue weighted by molar-refractivity contribution is 7.80. The van der Waals surface area contributed by atoms with Gasteiger partial charge in [0.15, 0.2) is 5.11 Å². The van der Waals surface area contributed by atoms with Crippen LogP contribution in [0.5, 0.6) is 0 Å². The first-order chi connectivity index (χ1) is 9.45. The minimum Gasteiger partial charge on any atom is -0.332 e. The molecule has 2 N–H and O–H groups in total. The van der Waals surface area contributed by atoms with Crippen LogP contribution in [0.15, 0.2) is 36.4 Å². The van der Waals surface area contributed by atoms with Gasteiger partial charge in [-0.3, -0.25) is 0 Å². The Morgan fingerprint density at radius 1 is 0.950 bits per heavy atom. The van der Waals surface area contributed by atoms with Crippen LogP contribution >= 0.6 is 12.2 Å². The van der Waals surface area contributed by atoms with Crippen LogP contribution in [0, 0.1) is 25.5 Å². The molecule has 0 heterocycles. The Bertz CT molecular complexity index is 656. The predicted octanol–water partition coefficient (Wildman–Crippen LogP) is 4.39. The molecule has 0 fully saturated rings. The Morgan fingerprint density at radius 2 is 1.65 bits per heavy atom. The van der Waals surface area contributed by atoms with Gasteiger partial charge < -0.3 is 10.6 Å². The van der Waals surface area contributed by atoms with E-state index < -0.39 is 11.6 Å². The zero-order valence-electron chi connectivity index (χ0n) is 11.1. The molecule has 20 heavy (non-hydrogen) atoms. The Labute approximate surface area is 121 Å². The summed E-state index contributed by atoms with van der Waals surface area (Å²) in [6.45, 7) is 3.94. The molecule has 0 aliphatic carbocycles. The van der Waals surface area contributed by atoms with Crippen molar-refractivity contribution in [2.75, 3.05) is 10.6 Å². The van der Waals surface area contributed by atoms with Crippen molar-refractivity contribution in [1.29, 1.82) is 0 Å². The summed E-state index contributed by atoms with van der Waals surface area (Å²) in [6.07, 6.45) is 0. The molecule has 0 amide bonds. The van der Waals surface area contributed by atoms with Crippen molar-refractivity contribution in [3.05, 3.63) is 59.2 Å². The number of rotatable bonds is 2. The van der Waals surface area contributed by atoms with Crippen LogP contribution in [0.25, 0.3) is 0 Å². The molecule has 0 saturated heterocycles. The van der Waals surface area contributed by atoms with E-state index in [0.29, 0.717) is 0 Å². The zero-order chi connectivity index (χ0) is 14.7. The number of thiocarbonyl (C=S) groups is 1. The van der Waals surface area contributed by atoms with Gasteiger partial charge >= 0.3 is 0 Å². The van der Waals surface area contributed by atoms with E-state index in [1.54, 1.807) is 0 Å². The second kappa shape index (κ2) is 5.96. The van der Waals surface area contributed by atoms with Crippen molar-refractivity contribution in [3.8, 4) is 0 Å². The van der Waals surface area contributed by atoms with E-state index in [1.165, 1.54) is 0 Å². The molecular weight excluding hydrogens is 278 g/mol. The fourth-order valence-electron chi connectivity index (χ4n) is 1.82. The average molecular weight is 292 g/mol. The third-order valence-electron chi connectivity index (χ3n) is 2.81. The molecular formula is C15H14F2N2S. The third kappa shape index (κ3) is 3.51. The quantitative estimate of drug-likeness (QED) is 0.803. The standard InChI is InChI=1S/C15H14F2N2S/c1-9-3-6-13(10(2)7-9)18-15(20)19-14-8-11(16)4-5-12(14)17/h3-8H,1-2H3,(H2,18,19,20).